The van der Waals surface area contributed by atoms with Crippen LogP contribution in [0.4, 0.5) is 26.3 Å². The van der Waals surface area contributed by atoms with E-state index in [1.807, 2.05) is 12.1 Å². The quantitative estimate of drug-likeness (QED) is 0.119. The molecule has 5 aromatic rings. The van der Waals surface area contributed by atoms with E-state index >= 15 is 26.3 Å². The highest BCUT2D eigenvalue weighted by Gasteiger charge is 2.80. The predicted molar refractivity (Wildman–Crippen MR) is 186 cm³/mol. The standard InChI is InChI=1S/C38H30F6O2S2/c1-21-30(18-12-25-10-16-28(46-5)17-11-25)47-22(2)32(21)34-35(37(41,42)38(43,44)36(34,39)40)33-23(3)48-31-19-13-26(20-29(31)33)7-6-24-8-14-27(45-4)15-9-24/h6-20H,1-5H3. The van der Waals surface area contributed by atoms with E-state index in [1.54, 1.807) is 93.1 Å². The van der Waals surface area contributed by atoms with Gasteiger partial charge in [-0.25, -0.2) is 0 Å². The molecule has 1 aliphatic rings. The molecule has 0 saturated carbocycles. The minimum atomic E-state index is -5.66. The van der Waals surface area contributed by atoms with Gasteiger partial charge >= 0.3 is 17.8 Å². The van der Waals surface area contributed by atoms with E-state index in [9.17, 15) is 0 Å². The van der Waals surface area contributed by atoms with Crippen molar-refractivity contribution in [1.29, 1.82) is 0 Å². The molecular formula is C38H30F6O2S2. The van der Waals surface area contributed by atoms with Crippen LogP contribution < -0.4 is 9.47 Å². The average molecular weight is 697 g/mol. The van der Waals surface area contributed by atoms with Crippen molar-refractivity contribution in [3.63, 3.8) is 0 Å². The van der Waals surface area contributed by atoms with Gasteiger partial charge < -0.3 is 9.47 Å². The molecule has 0 N–H and O–H groups in total. The minimum absolute atomic E-state index is 0.209. The van der Waals surface area contributed by atoms with E-state index in [0.717, 1.165) is 33.8 Å². The minimum Gasteiger partial charge on any atom is -0.497 e. The maximum atomic E-state index is 16.0. The molecule has 248 valence electrons. The summed E-state index contributed by atoms with van der Waals surface area (Å²) in [5, 5.41) is 0.209. The molecule has 0 radical (unpaired) electrons. The van der Waals surface area contributed by atoms with Crippen LogP contribution in [0.5, 0.6) is 11.5 Å². The first-order valence-electron chi connectivity index (χ1n) is 14.9. The number of hydrogen-bond donors (Lipinski definition) is 0. The Morgan fingerprint density at radius 2 is 1.02 bits per heavy atom. The first-order valence-corrected chi connectivity index (χ1v) is 16.5. The van der Waals surface area contributed by atoms with Crippen LogP contribution in [0, 0.1) is 20.8 Å². The summed E-state index contributed by atoms with van der Waals surface area (Å²) in [6, 6.07) is 19.4. The molecule has 1 aliphatic carbocycles. The molecule has 0 aliphatic heterocycles. The van der Waals surface area contributed by atoms with Crippen molar-refractivity contribution in [1.82, 2.24) is 0 Å². The molecule has 0 unspecified atom stereocenters. The lowest BCUT2D eigenvalue weighted by atomic mass is 9.90. The van der Waals surface area contributed by atoms with Gasteiger partial charge in [0.05, 0.1) is 14.2 Å². The van der Waals surface area contributed by atoms with Gasteiger partial charge in [0.15, 0.2) is 0 Å². The summed E-state index contributed by atoms with van der Waals surface area (Å²) in [6.07, 6.45) is 6.96. The van der Waals surface area contributed by atoms with Gasteiger partial charge in [0.2, 0.25) is 0 Å². The first-order chi connectivity index (χ1) is 22.7. The lowest BCUT2D eigenvalue weighted by molar-refractivity contribution is -0.254. The van der Waals surface area contributed by atoms with E-state index < -0.39 is 28.9 Å². The van der Waals surface area contributed by atoms with Crippen LogP contribution in [-0.4, -0.2) is 32.0 Å². The summed E-state index contributed by atoms with van der Waals surface area (Å²) in [5.41, 5.74) is -0.778. The maximum absolute atomic E-state index is 16.0. The lowest BCUT2D eigenvalue weighted by Gasteiger charge is -2.26. The number of benzene rings is 3. The molecule has 2 nitrogen and oxygen atoms in total. The second-order valence-electron chi connectivity index (χ2n) is 11.5. The van der Waals surface area contributed by atoms with Gasteiger partial charge in [0, 0.05) is 47.0 Å². The van der Waals surface area contributed by atoms with Crippen LogP contribution in [0.2, 0.25) is 0 Å². The number of halogens is 6. The Kier molecular flexibility index (Phi) is 8.62. The average Bonchev–Trinajstić information content (AvgIpc) is 3.57. The van der Waals surface area contributed by atoms with Crippen LogP contribution in [0.15, 0.2) is 66.7 Å². The number of alkyl halides is 6. The van der Waals surface area contributed by atoms with E-state index in [0.29, 0.717) is 26.6 Å². The topological polar surface area (TPSA) is 18.5 Å². The predicted octanol–water partition coefficient (Wildman–Crippen LogP) is 12.1. The molecule has 0 bridgehead atoms. The van der Waals surface area contributed by atoms with Gasteiger partial charge in [-0.05, 0) is 85.5 Å². The van der Waals surface area contributed by atoms with Crippen molar-refractivity contribution in [2.24, 2.45) is 0 Å². The maximum Gasteiger partial charge on any atom is 0.380 e. The van der Waals surface area contributed by atoms with Crippen molar-refractivity contribution in [3.8, 4) is 11.5 Å². The van der Waals surface area contributed by atoms with Crippen LogP contribution >= 0.6 is 22.7 Å². The normalized spacial score (nSPS) is 16.9. The number of methoxy groups -OCH3 is 2. The van der Waals surface area contributed by atoms with Gasteiger partial charge in [-0.3, -0.25) is 0 Å². The van der Waals surface area contributed by atoms with E-state index in [4.69, 9.17) is 9.47 Å². The molecule has 0 spiro atoms. The van der Waals surface area contributed by atoms with E-state index in [2.05, 4.69) is 0 Å². The third kappa shape index (κ3) is 5.44. The second kappa shape index (κ2) is 12.3. The molecule has 3 aromatic carbocycles. The number of ether oxygens (including phenoxy) is 2. The Bertz CT molecular complexity index is 2100. The van der Waals surface area contributed by atoms with Gasteiger partial charge in [-0.1, -0.05) is 48.6 Å². The zero-order chi connectivity index (χ0) is 34.6. The molecular weight excluding hydrogens is 667 g/mol. The number of fused-ring (bicyclic) bond motifs is 1. The molecule has 0 atom stereocenters. The molecule has 0 fully saturated rings. The summed E-state index contributed by atoms with van der Waals surface area (Å²) >= 11 is 2.19. The summed E-state index contributed by atoms with van der Waals surface area (Å²) in [5.74, 6) is -14.6. The number of hydrogen-bond acceptors (Lipinski definition) is 4. The number of thiophene rings is 2. The lowest BCUT2D eigenvalue weighted by Crippen LogP contribution is -2.49. The fourth-order valence-corrected chi connectivity index (χ4v) is 8.17. The van der Waals surface area contributed by atoms with Crippen molar-refractivity contribution >= 4 is 68.2 Å². The van der Waals surface area contributed by atoms with Crippen LogP contribution in [-0.2, 0) is 0 Å². The summed E-state index contributed by atoms with van der Waals surface area (Å²) in [7, 11) is 3.10. The monoisotopic (exact) mass is 696 g/mol. The van der Waals surface area contributed by atoms with Crippen molar-refractivity contribution in [2.45, 2.75) is 38.5 Å². The van der Waals surface area contributed by atoms with Gasteiger partial charge in [0.1, 0.15) is 11.5 Å². The molecule has 48 heavy (non-hydrogen) atoms. The third-order valence-corrected chi connectivity index (χ3v) is 10.8. The summed E-state index contributed by atoms with van der Waals surface area (Å²) < 4.78 is 106. The Balaban J connectivity index is 1.52. The Morgan fingerprint density at radius 1 is 0.562 bits per heavy atom. The smallest absolute Gasteiger partial charge is 0.380 e. The van der Waals surface area contributed by atoms with Gasteiger partial charge in [-0.15, -0.1) is 22.7 Å². The molecule has 2 heterocycles. The third-order valence-electron chi connectivity index (χ3n) is 8.54. The zero-order valence-corrected chi connectivity index (χ0v) is 28.2. The summed E-state index contributed by atoms with van der Waals surface area (Å²) in [6.45, 7) is 4.49. The van der Waals surface area contributed by atoms with Gasteiger partial charge in [-0.2, -0.15) is 26.3 Å². The molecule has 6 rings (SSSR count). The molecule has 0 saturated heterocycles. The highest BCUT2D eigenvalue weighted by atomic mass is 32.1. The molecule has 0 amide bonds. The van der Waals surface area contributed by atoms with Crippen LogP contribution in [0.1, 0.15) is 48.0 Å². The largest absolute Gasteiger partial charge is 0.497 e. The summed E-state index contributed by atoms with van der Waals surface area (Å²) in [4.78, 5) is 0.979. The van der Waals surface area contributed by atoms with Crippen molar-refractivity contribution < 1.29 is 35.8 Å². The number of aryl methyl sites for hydroxylation is 2. The highest BCUT2D eigenvalue weighted by molar-refractivity contribution is 7.19. The fraction of sp³-hybridized carbons (Fsp3) is 0.211. The van der Waals surface area contributed by atoms with Gasteiger partial charge in [0.25, 0.3) is 0 Å². The second-order valence-corrected chi connectivity index (χ2v) is 14.0. The number of allylic oxidation sites excluding steroid dienone is 2. The fourth-order valence-electron chi connectivity index (χ4n) is 6.04. The SMILES string of the molecule is COc1ccc(C=Cc2ccc3sc(C)c(C4=C(c5c(C)sc(C=Cc6ccc(OC)cc6)c5C)C(F)(F)C(F)(F)C4(F)F)c3c2)cc1. The highest BCUT2D eigenvalue weighted by Crippen LogP contribution is 2.66. The Labute approximate surface area is 282 Å². The first kappa shape index (κ1) is 33.6. The van der Waals surface area contributed by atoms with Crippen molar-refractivity contribution in [3.05, 3.63) is 115 Å². The van der Waals surface area contributed by atoms with E-state index in [-0.39, 0.29) is 31.8 Å². The molecule has 2 aromatic heterocycles. The van der Waals surface area contributed by atoms with Crippen molar-refractivity contribution in [2.75, 3.05) is 14.2 Å². The number of rotatable bonds is 8. The van der Waals surface area contributed by atoms with Crippen LogP contribution in [0.3, 0.4) is 0 Å². The Hall–Kier alpha value is -4.28. The van der Waals surface area contributed by atoms with E-state index in [1.165, 1.54) is 20.8 Å². The van der Waals surface area contributed by atoms with Crippen LogP contribution in [0.25, 0.3) is 45.5 Å². The molecule has 10 heteroatoms. The zero-order valence-electron chi connectivity index (χ0n) is 26.6. The Morgan fingerprint density at radius 3 is 1.56 bits per heavy atom.